The minimum absolute atomic E-state index is 0.0521. The maximum atomic E-state index is 11.4. The molecule has 0 aliphatic carbocycles. The first-order valence-corrected chi connectivity index (χ1v) is 8.63. The Kier molecular flexibility index (Phi) is 4.35. The largest absolute Gasteiger partial charge is 0.329 e. The Morgan fingerprint density at radius 2 is 2.14 bits per heavy atom. The predicted molar refractivity (Wildman–Crippen MR) is 79.6 cm³/mol. The van der Waals surface area contributed by atoms with Crippen molar-refractivity contribution in [2.45, 2.75) is 31.3 Å². The molecule has 110 valence electrons. The average Bonchev–Trinajstić information content (AvgIpc) is 2.83. The van der Waals surface area contributed by atoms with E-state index in [4.69, 9.17) is 15.9 Å². The fraction of sp³-hybridized carbons (Fsp3) is 0.286. The van der Waals surface area contributed by atoms with E-state index < -0.39 is 9.05 Å². The zero-order valence-corrected chi connectivity index (χ0v) is 13.2. The summed E-state index contributed by atoms with van der Waals surface area (Å²) < 4.78 is 24.6. The molecule has 7 heteroatoms. The van der Waals surface area contributed by atoms with Crippen LogP contribution in [0.4, 0.5) is 0 Å². The molecule has 0 radical (unpaired) electrons. The van der Waals surface area contributed by atoms with E-state index in [1.54, 1.807) is 22.8 Å². The Balaban J connectivity index is 2.43. The molecule has 0 bridgehead atoms. The van der Waals surface area contributed by atoms with E-state index in [-0.39, 0.29) is 10.9 Å². The highest BCUT2D eigenvalue weighted by Gasteiger charge is 2.19. The van der Waals surface area contributed by atoms with Crippen molar-refractivity contribution in [1.82, 2.24) is 9.55 Å². The minimum Gasteiger partial charge on any atom is -0.329 e. The van der Waals surface area contributed by atoms with E-state index in [1.807, 2.05) is 19.9 Å². The predicted octanol–water partition coefficient (Wildman–Crippen LogP) is 2.85. The van der Waals surface area contributed by atoms with E-state index in [0.717, 1.165) is 5.56 Å². The molecular formula is C14H14ClN3O2S. The highest BCUT2D eigenvalue weighted by molar-refractivity contribution is 8.13. The van der Waals surface area contributed by atoms with Crippen LogP contribution in [-0.2, 0) is 15.6 Å². The maximum Gasteiger partial charge on any atom is 0.280 e. The molecule has 21 heavy (non-hydrogen) atoms. The van der Waals surface area contributed by atoms with Crippen LogP contribution < -0.4 is 0 Å². The maximum absolute atomic E-state index is 11.4. The van der Waals surface area contributed by atoms with Gasteiger partial charge in [-0.3, -0.25) is 0 Å². The summed E-state index contributed by atoms with van der Waals surface area (Å²) in [7, 11) is 1.50. The van der Waals surface area contributed by atoms with Gasteiger partial charge in [0, 0.05) is 29.3 Å². The van der Waals surface area contributed by atoms with Gasteiger partial charge in [-0.1, -0.05) is 26.0 Å². The summed E-state index contributed by atoms with van der Waals surface area (Å²) in [4.78, 5) is 4.10. The Morgan fingerprint density at radius 1 is 1.43 bits per heavy atom. The molecule has 0 saturated carbocycles. The van der Waals surface area contributed by atoms with Gasteiger partial charge in [-0.2, -0.15) is 5.26 Å². The molecular weight excluding hydrogens is 310 g/mol. The van der Waals surface area contributed by atoms with Gasteiger partial charge in [0.05, 0.1) is 11.6 Å². The van der Waals surface area contributed by atoms with Crippen LogP contribution in [0.5, 0.6) is 0 Å². The Labute approximate surface area is 128 Å². The second-order valence-electron chi connectivity index (χ2n) is 4.97. The van der Waals surface area contributed by atoms with Crippen molar-refractivity contribution in [2.24, 2.45) is 0 Å². The summed E-state index contributed by atoms with van der Waals surface area (Å²) in [6.07, 6.45) is 1.43. The first-order valence-electron chi connectivity index (χ1n) is 6.32. The molecule has 2 rings (SSSR count). The number of nitrogens with zero attached hydrogens (tertiary/aromatic N) is 3. The van der Waals surface area contributed by atoms with Crippen LogP contribution in [0.2, 0.25) is 0 Å². The van der Waals surface area contributed by atoms with Crippen LogP contribution in [0.15, 0.2) is 35.5 Å². The van der Waals surface area contributed by atoms with Crippen LogP contribution in [0, 0.1) is 11.3 Å². The molecule has 5 nitrogen and oxygen atoms in total. The van der Waals surface area contributed by atoms with Gasteiger partial charge in [-0.05, 0) is 17.7 Å². The Morgan fingerprint density at radius 3 is 2.71 bits per heavy atom. The van der Waals surface area contributed by atoms with Gasteiger partial charge in [0.15, 0.2) is 5.03 Å². The highest BCUT2D eigenvalue weighted by atomic mass is 35.7. The molecule has 0 fully saturated rings. The second kappa shape index (κ2) is 5.88. The van der Waals surface area contributed by atoms with E-state index in [0.29, 0.717) is 17.9 Å². The number of nitriles is 1. The lowest BCUT2D eigenvalue weighted by atomic mass is 10.1. The van der Waals surface area contributed by atoms with Gasteiger partial charge in [0.25, 0.3) is 9.05 Å². The molecule has 0 N–H and O–H groups in total. The quantitative estimate of drug-likeness (QED) is 0.811. The summed E-state index contributed by atoms with van der Waals surface area (Å²) in [5.41, 5.74) is 1.45. The van der Waals surface area contributed by atoms with Crippen LogP contribution in [0.1, 0.15) is 36.7 Å². The third-order valence-electron chi connectivity index (χ3n) is 2.96. The lowest BCUT2D eigenvalue weighted by molar-refractivity contribution is 0.606. The first kappa shape index (κ1) is 15.5. The molecule has 1 aromatic carbocycles. The van der Waals surface area contributed by atoms with Crippen molar-refractivity contribution in [3.05, 3.63) is 47.4 Å². The van der Waals surface area contributed by atoms with Crippen LogP contribution in [0.3, 0.4) is 0 Å². The zero-order valence-electron chi connectivity index (χ0n) is 11.6. The van der Waals surface area contributed by atoms with E-state index in [1.165, 1.54) is 6.20 Å². The number of hydrogen-bond donors (Lipinski definition) is 0. The van der Waals surface area contributed by atoms with Gasteiger partial charge in [-0.15, -0.1) is 0 Å². The van der Waals surface area contributed by atoms with Crippen molar-refractivity contribution >= 4 is 19.7 Å². The number of imidazole rings is 1. The summed E-state index contributed by atoms with van der Waals surface area (Å²) >= 11 is 0. The molecule has 0 amide bonds. The summed E-state index contributed by atoms with van der Waals surface area (Å²) in [5, 5.41) is 8.77. The van der Waals surface area contributed by atoms with Crippen molar-refractivity contribution in [2.75, 3.05) is 0 Å². The Hall–Kier alpha value is -1.84. The Bertz CT molecular complexity index is 804. The number of halogens is 1. The van der Waals surface area contributed by atoms with Crippen molar-refractivity contribution < 1.29 is 8.42 Å². The third-order valence-corrected chi connectivity index (χ3v) is 4.13. The molecule has 0 spiro atoms. The molecule has 2 aromatic rings. The van der Waals surface area contributed by atoms with Crippen LogP contribution >= 0.6 is 10.7 Å². The van der Waals surface area contributed by atoms with E-state index >= 15 is 0 Å². The fourth-order valence-corrected chi connectivity index (χ4v) is 2.72. The number of aromatic nitrogens is 2. The SMILES string of the molecule is CC(C)c1nc(S(=O)(=O)Cl)cn1Cc1cccc(C#N)c1. The monoisotopic (exact) mass is 323 g/mol. The van der Waals surface area contributed by atoms with Crippen molar-refractivity contribution in [3.8, 4) is 6.07 Å². The fourth-order valence-electron chi connectivity index (χ4n) is 2.05. The number of benzene rings is 1. The number of hydrogen-bond acceptors (Lipinski definition) is 4. The molecule has 1 aromatic heterocycles. The molecule has 0 saturated heterocycles. The van der Waals surface area contributed by atoms with E-state index in [2.05, 4.69) is 11.1 Å². The summed E-state index contributed by atoms with van der Waals surface area (Å²) in [5.74, 6) is 0.688. The van der Waals surface area contributed by atoms with Crippen LogP contribution in [-0.4, -0.2) is 18.0 Å². The lowest BCUT2D eigenvalue weighted by Gasteiger charge is -2.10. The van der Waals surface area contributed by atoms with Crippen molar-refractivity contribution in [3.63, 3.8) is 0 Å². The molecule has 0 aliphatic heterocycles. The van der Waals surface area contributed by atoms with Gasteiger partial charge < -0.3 is 4.57 Å². The molecule has 0 aliphatic rings. The van der Waals surface area contributed by atoms with Gasteiger partial charge >= 0.3 is 0 Å². The average molecular weight is 324 g/mol. The number of rotatable bonds is 4. The van der Waals surface area contributed by atoms with Gasteiger partial charge in [0.1, 0.15) is 5.82 Å². The summed E-state index contributed by atoms with van der Waals surface area (Å²) in [6.45, 7) is 4.28. The highest BCUT2D eigenvalue weighted by Crippen LogP contribution is 2.21. The molecule has 0 unspecified atom stereocenters. The standard InChI is InChI=1S/C14H14ClN3O2S/c1-10(2)14-17-13(21(15,19)20)9-18(14)8-12-5-3-4-11(6-12)7-16/h3-6,9-10H,8H2,1-2H3. The topological polar surface area (TPSA) is 75.8 Å². The molecule has 1 heterocycles. The minimum atomic E-state index is -3.86. The third kappa shape index (κ3) is 3.63. The van der Waals surface area contributed by atoms with Crippen molar-refractivity contribution in [1.29, 1.82) is 5.26 Å². The normalized spacial score (nSPS) is 11.6. The van der Waals surface area contributed by atoms with Gasteiger partial charge in [-0.25, -0.2) is 13.4 Å². The molecule has 0 atom stereocenters. The van der Waals surface area contributed by atoms with Gasteiger partial charge in [0.2, 0.25) is 0 Å². The smallest absolute Gasteiger partial charge is 0.280 e. The van der Waals surface area contributed by atoms with E-state index in [9.17, 15) is 8.42 Å². The second-order valence-corrected chi connectivity index (χ2v) is 7.48. The lowest BCUT2D eigenvalue weighted by Crippen LogP contribution is -2.05. The van der Waals surface area contributed by atoms with Crippen LogP contribution in [0.25, 0.3) is 0 Å². The zero-order chi connectivity index (χ0) is 15.6. The summed E-state index contributed by atoms with van der Waals surface area (Å²) in [6, 6.07) is 9.22. The first-order chi connectivity index (χ1) is 9.81.